The van der Waals surface area contributed by atoms with E-state index < -0.39 is 0 Å². The van der Waals surface area contributed by atoms with Gasteiger partial charge in [0.2, 0.25) is 5.91 Å². The van der Waals surface area contributed by atoms with Gasteiger partial charge >= 0.3 is 0 Å². The molecule has 0 aliphatic rings. The van der Waals surface area contributed by atoms with Gasteiger partial charge in [0, 0.05) is 25.7 Å². The van der Waals surface area contributed by atoms with E-state index >= 15 is 0 Å². The topological polar surface area (TPSA) is 101 Å². The molecule has 0 radical (unpaired) electrons. The van der Waals surface area contributed by atoms with Crippen LogP contribution < -0.4 is 15.8 Å². The minimum absolute atomic E-state index is 0.00820. The summed E-state index contributed by atoms with van der Waals surface area (Å²) in [6.45, 7) is 2.14. The Balaban J connectivity index is 0.000000220. The van der Waals surface area contributed by atoms with Crippen LogP contribution in [-0.4, -0.2) is 23.8 Å². The molecule has 1 heterocycles. The zero-order valence-electron chi connectivity index (χ0n) is 12.7. The van der Waals surface area contributed by atoms with Gasteiger partial charge in [-0.25, -0.2) is 0 Å². The largest absolute Gasteiger partial charge is 0.497 e. The molecule has 2 rings (SSSR count). The summed E-state index contributed by atoms with van der Waals surface area (Å²) in [6.07, 6.45) is 1.55. The maximum Gasteiger partial charge on any atom is 0.217 e. The Labute approximate surface area is 129 Å². The predicted molar refractivity (Wildman–Crippen MR) is 85.8 cm³/mol. The number of methoxy groups -OCH3 is 1. The highest BCUT2D eigenvalue weighted by Crippen LogP contribution is 2.08. The fourth-order valence-corrected chi connectivity index (χ4v) is 1.51. The lowest BCUT2D eigenvalue weighted by Crippen LogP contribution is -2.18. The van der Waals surface area contributed by atoms with Gasteiger partial charge in [-0.15, -0.1) is 0 Å². The van der Waals surface area contributed by atoms with E-state index in [1.165, 1.54) is 6.92 Å². The van der Waals surface area contributed by atoms with Gasteiger partial charge in [0.25, 0.3) is 0 Å². The number of nitrogens with two attached hydrogens (primary N) is 1. The third kappa shape index (κ3) is 6.51. The number of nitrogen functional groups attached to an aromatic ring is 1. The number of hydrogen-bond acceptors (Lipinski definition) is 4. The first-order valence-electron chi connectivity index (χ1n) is 6.65. The number of aromatic nitrogens is 1. The molecular weight excluding hydrogens is 280 g/mol. The van der Waals surface area contributed by atoms with Crippen molar-refractivity contribution in [2.45, 2.75) is 13.5 Å². The van der Waals surface area contributed by atoms with Gasteiger partial charge in [-0.3, -0.25) is 15.2 Å². The minimum atomic E-state index is -0.0519. The van der Waals surface area contributed by atoms with E-state index in [0.717, 1.165) is 5.56 Å². The number of carbonyl (C=O) groups is 1. The highest BCUT2D eigenvalue weighted by atomic mass is 16.5. The second kappa shape index (κ2) is 9.12. The molecule has 4 N–H and O–H groups in total. The lowest BCUT2D eigenvalue weighted by atomic mass is 10.2. The van der Waals surface area contributed by atoms with Crippen molar-refractivity contribution >= 4 is 11.7 Å². The van der Waals surface area contributed by atoms with Crippen molar-refractivity contribution in [2.24, 2.45) is 5.73 Å². The molecule has 1 aromatic carbocycles. The normalized spacial score (nSPS) is 9.18. The summed E-state index contributed by atoms with van der Waals surface area (Å²) in [5, 5.41) is 9.79. The SMILES string of the molecule is CC(=O)NCc1ccccc1.COc1ccnc(C(=N)N)c1. The van der Waals surface area contributed by atoms with Crippen molar-refractivity contribution in [1.82, 2.24) is 10.3 Å². The van der Waals surface area contributed by atoms with Crippen molar-refractivity contribution in [3.8, 4) is 5.75 Å². The van der Waals surface area contributed by atoms with Crippen molar-refractivity contribution in [3.05, 3.63) is 59.9 Å². The molecule has 0 aliphatic carbocycles. The van der Waals surface area contributed by atoms with E-state index in [1.54, 1.807) is 25.4 Å². The second-order valence-electron chi connectivity index (χ2n) is 4.39. The maximum atomic E-state index is 10.5. The average molecular weight is 300 g/mol. The van der Waals surface area contributed by atoms with E-state index in [2.05, 4.69) is 10.3 Å². The smallest absolute Gasteiger partial charge is 0.217 e. The Bertz CT molecular complexity index is 615. The van der Waals surface area contributed by atoms with Gasteiger partial charge in [-0.1, -0.05) is 30.3 Å². The third-order valence-corrected chi connectivity index (χ3v) is 2.63. The first kappa shape index (κ1) is 17.2. The molecule has 22 heavy (non-hydrogen) atoms. The maximum absolute atomic E-state index is 10.5. The Morgan fingerprint density at radius 2 is 2.00 bits per heavy atom. The zero-order valence-corrected chi connectivity index (χ0v) is 12.7. The van der Waals surface area contributed by atoms with Gasteiger partial charge in [-0.2, -0.15) is 0 Å². The number of rotatable bonds is 4. The number of pyridine rings is 1. The van der Waals surface area contributed by atoms with E-state index in [9.17, 15) is 4.79 Å². The van der Waals surface area contributed by atoms with Crippen molar-refractivity contribution < 1.29 is 9.53 Å². The highest BCUT2D eigenvalue weighted by Gasteiger charge is 1.98. The fourth-order valence-electron chi connectivity index (χ4n) is 1.51. The number of nitrogens with one attached hydrogen (secondary N) is 2. The molecule has 0 spiro atoms. The van der Waals surface area contributed by atoms with Crippen molar-refractivity contribution in [3.63, 3.8) is 0 Å². The van der Waals surface area contributed by atoms with Crippen LogP contribution in [0.2, 0.25) is 0 Å². The summed E-state index contributed by atoms with van der Waals surface area (Å²) in [4.78, 5) is 14.4. The second-order valence-corrected chi connectivity index (χ2v) is 4.39. The van der Waals surface area contributed by atoms with Crippen LogP contribution in [0, 0.1) is 5.41 Å². The zero-order chi connectivity index (χ0) is 16.4. The van der Waals surface area contributed by atoms with Crippen LogP contribution in [0.1, 0.15) is 18.2 Å². The van der Waals surface area contributed by atoms with Gasteiger partial charge in [0.15, 0.2) is 0 Å². The standard InChI is InChI=1S/C9H11NO.C7H9N3O/c1-8(11)10-7-9-5-3-2-4-6-9;1-11-5-2-3-10-6(4-5)7(8)9/h2-6H,7H2,1H3,(H,10,11);2-4H,1H3,(H3,8,9). The van der Waals surface area contributed by atoms with Crippen LogP contribution >= 0.6 is 0 Å². The number of nitrogens with zero attached hydrogens (tertiary/aromatic N) is 1. The van der Waals surface area contributed by atoms with Crippen LogP contribution in [0.15, 0.2) is 48.7 Å². The summed E-state index contributed by atoms with van der Waals surface area (Å²) in [5.41, 5.74) is 6.76. The van der Waals surface area contributed by atoms with E-state index in [4.69, 9.17) is 15.9 Å². The predicted octanol–water partition coefficient (Wildman–Crippen LogP) is 1.70. The summed E-state index contributed by atoms with van der Waals surface area (Å²) in [6, 6.07) is 13.1. The van der Waals surface area contributed by atoms with Crippen molar-refractivity contribution in [2.75, 3.05) is 7.11 Å². The van der Waals surface area contributed by atoms with Gasteiger partial charge in [-0.05, 0) is 11.6 Å². The Kier molecular flexibility index (Phi) is 7.12. The van der Waals surface area contributed by atoms with Crippen LogP contribution in [-0.2, 0) is 11.3 Å². The van der Waals surface area contributed by atoms with E-state index in [-0.39, 0.29) is 11.7 Å². The average Bonchev–Trinajstić information content (AvgIpc) is 2.54. The van der Waals surface area contributed by atoms with E-state index in [0.29, 0.717) is 18.0 Å². The van der Waals surface area contributed by atoms with Gasteiger partial charge in [0.05, 0.1) is 7.11 Å². The molecular formula is C16H20N4O2. The minimum Gasteiger partial charge on any atom is -0.497 e. The molecule has 116 valence electrons. The highest BCUT2D eigenvalue weighted by molar-refractivity contribution is 5.93. The van der Waals surface area contributed by atoms with E-state index in [1.807, 2.05) is 30.3 Å². The molecule has 0 saturated heterocycles. The van der Waals surface area contributed by atoms with Gasteiger partial charge < -0.3 is 15.8 Å². The number of amidine groups is 1. The Morgan fingerprint density at radius 1 is 1.32 bits per heavy atom. The monoisotopic (exact) mass is 300 g/mol. The van der Waals surface area contributed by atoms with Crippen LogP contribution in [0.3, 0.4) is 0 Å². The summed E-state index contributed by atoms with van der Waals surface area (Å²) < 4.78 is 4.91. The van der Waals surface area contributed by atoms with Crippen LogP contribution in [0.25, 0.3) is 0 Å². The Morgan fingerprint density at radius 3 is 2.55 bits per heavy atom. The molecule has 0 saturated carbocycles. The van der Waals surface area contributed by atoms with Crippen molar-refractivity contribution in [1.29, 1.82) is 5.41 Å². The number of ether oxygens (including phenoxy) is 1. The number of benzene rings is 1. The molecule has 0 aliphatic heterocycles. The molecule has 0 atom stereocenters. The molecule has 1 amide bonds. The summed E-state index contributed by atoms with van der Waals surface area (Å²) in [7, 11) is 1.55. The molecule has 1 aromatic heterocycles. The summed E-state index contributed by atoms with van der Waals surface area (Å²) in [5.74, 6) is 0.614. The molecule has 0 fully saturated rings. The molecule has 6 nitrogen and oxygen atoms in total. The number of carbonyl (C=O) groups excluding carboxylic acids is 1. The fraction of sp³-hybridized carbons (Fsp3) is 0.188. The molecule has 0 unspecified atom stereocenters. The summed E-state index contributed by atoms with van der Waals surface area (Å²) >= 11 is 0. The first-order valence-corrected chi connectivity index (χ1v) is 6.65. The van der Waals surface area contributed by atoms with Gasteiger partial charge in [0.1, 0.15) is 17.3 Å². The third-order valence-electron chi connectivity index (χ3n) is 2.63. The lowest BCUT2D eigenvalue weighted by Gasteiger charge is -2.00. The number of hydrogen-bond donors (Lipinski definition) is 3. The molecule has 2 aromatic rings. The lowest BCUT2D eigenvalue weighted by molar-refractivity contribution is -0.119. The van der Waals surface area contributed by atoms with Crippen LogP contribution in [0.4, 0.5) is 0 Å². The quantitative estimate of drug-likeness (QED) is 0.591. The molecule has 6 heteroatoms. The number of amides is 1. The Hall–Kier alpha value is -2.89. The first-order chi connectivity index (χ1) is 10.5. The van der Waals surface area contributed by atoms with Crippen LogP contribution in [0.5, 0.6) is 5.75 Å². The molecule has 0 bridgehead atoms.